The van der Waals surface area contributed by atoms with Crippen LogP contribution in [0.4, 0.5) is 22.0 Å². The van der Waals surface area contributed by atoms with Gasteiger partial charge in [-0.05, 0) is 144 Å². The molecule has 0 fully saturated rings. The summed E-state index contributed by atoms with van der Waals surface area (Å²) in [7, 11) is 3.18. The van der Waals surface area contributed by atoms with E-state index in [2.05, 4.69) is 0 Å². The number of carbonyl (C=O) groups is 4. The summed E-state index contributed by atoms with van der Waals surface area (Å²) in [5, 5.41) is 0. The molecular formula is C55H68F5N3O8. The van der Waals surface area contributed by atoms with E-state index in [1.54, 1.807) is 93.8 Å². The summed E-state index contributed by atoms with van der Waals surface area (Å²) in [6.45, 7) is 14.1. The highest BCUT2D eigenvalue weighted by Crippen LogP contribution is 2.24. The summed E-state index contributed by atoms with van der Waals surface area (Å²) in [4.78, 5) is 46.6. The molecule has 4 aromatic rings. The average Bonchev–Trinajstić information content (AvgIpc) is 3.35. The molecule has 71 heavy (non-hydrogen) atoms. The normalized spacial score (nSPS) is 11.6. The van der Waals surface area contributed by atoms with Crippen LogP contribution in [0.15, 0.2) is 139 Å². The van der Waals surface area contributed by atoms with Crippen LogP contribution in [0.3, 0.4) is 0 Å². The van der Waals surface area contributed by atoms with Crippen LogP contribution in [0.25, 0.3) is 0 Å². The Morgan fingerprint density at radius 2 is 0.817 bits per heavy atom. The number of primary amides is 2. The number of nitrogens with zero attached hydrogens (tertiary/aromatic N) is 1. The van der Waals surface area contributed by atoms with E-state index in [0.29, 0.717) is 114 Å². The molecule has 0 bridgehead atoms. The Bertz CT molecular complexity index is 2320. The van der Waals surface area contributed by atoms with Gasteiger partial charge in [-0.15, -0.1) is 0 Å². The number of ether oxygens (including phenoxy) is 4. The van der Waals surface area contributed by atoms with Crippen molar-refractivity contribution in [3.63, 3.8) is 0 Å². The van der Waals surface area contributed by atoms with E-state index in [1.807, 2.05) is 41.5 Å². The van der Waals surface area contributed by atoms with Gasteiger partial charge < -0.3 is 35.3 Å². The Balaban J connectivity index is 0.000000475. The van der Waals surface area contributed by atoms with Gasteiger partial charge in [-0.3, -0.25) is 19.2 Å². The average molecular weight is 994 g/mol. The quantitative estimate of drug-likeness (QED) is 0.0616. The van der Waals surface area contributed by atoms with E-state index in [4.69, 9.17) is 30.4 Å². The number of ketones is 1. The van der Waals surface area contributed by atoms with Crippen LogP contribution in [0.5, 0.6) is 23.0 Å². The molecule has 4 N–H and O–H groups in total. The smallest absolute Gasteiger partial charge is 0.253 e. The van der Waals surface area contributed by atoms with Crippen molar-refractivity contribution in [2.75, 3.05) is 40.5 Å². The molecule has 0 heterocycles. The maximum Gasteiger partial charge on any atom is 0.253 e. The van der Waals surface area contributed by atoms with Crippen molar-refractivity contribution < 1.29 is 60.1 Å². The summed E-state index contributed by atoms with van der Waals surface area (Å²) in [5.74, 6) is 0.0463. The van der Waals surface area contributed by atoms with E-state index in [0.717, 1.165) is 6.07 Å². The minimum atomic E-state index is -0.637. The molecule has 11 nitrogen and oxygen atoms in total. The standard InChI is InChI=1S/C17H23FO2.C14H17F2NO2.2C12H14FNO2/c1-5-13(11-18)12-20-15-8-6-14(7-9-15)16(19)10-17(2,3)4;1-4-10(8-15)9-19-13-6-5-11(7-12(13)16)14(18)17(2)3;2*1-2-9(7-13)8-16-11-5-3-10(4-6-11)12(14)15/h6-9,11H,5,10,12H2,1-4H3;5-8H,4,9H2,1-3H3;2*3-7H,2,8H2,1H3,(H2,14,15)/b13-11-;10-8-;9-7+;9-7-. The van der Waals surface area contributed by atoms with Gasteiger partial charge in [0.15, 0.2) is 17.3 Å². The Morgan fingerprint density at radius 1 is 0.507 bits per heavy atom. The highest BCUT2D eigenvalue weighted by atomic mass is 19.1. The second-order valence-corrected chi connectivity index (χ2v) is 16.9. The molecule has 0 radical (unpaired) electrons. The van der Waals surface area contributed by atoms with Crippen molar-refractivity contribution in [3.05, 3.63) is 167 Å². The van der Waals surface area contributed by atoms with Crippen LogP contribution in [-0.4, -0.2) is 68.9 Å². The number of hydrogen-bond acceptors (Lipinski definition) is 8. The molecule has 0 atom stereocenters. The first-order valence-electron chi connectivity index (χ1n) is 22.8. The van der Waals surface area contributed by atoms with Gasteiger partial charge in [-0.2, -0.15) is 0 Å². The molecule has 0 spiro atoms. The van der Waals surface area contributed by atoms with E-state index in [1.165, 1.54) is 17.0 Å². The molecule has 4 aromatic carbocycles. The predicted molar refractivity (Wildman–Crippen MR) is 269 cm³/mol. The van der Waals surface area contributed by atoms with Gasteiger partial charge in [0.25, 0.3) is 5.91 Å². The van der Waals surface area contributed by atoms with Crippen molar-refractivity contribution in [1.29, 1.82) is 0 Å². The fourth-order valence-corrected chi connectivity index (χ4v) is 5.30. The Morgan fingerprint density at radius 3 is 1.08 bits per heavy atom. The van der Waals surface area contributed by atoms with Gasteiger partial charge in [0.05, 0.1) is 25.3 Å². The van der Waals surface area contributed by atoms with Crippen molar-refractivity contribution in [2.45, 2.75) is 80.6 Å². The third-order valence-electron chi connectivity index (χ3n) is 9.85. The van der Waals surface area contributed by atoms with Gasteiger partial charge >= 0.3 is 0 Å². The zero-order valence-corrected chi connectivity index (χ0v) is 42.1. The van der Waals surface area contributed by atoms with Crippen LogP contribution in [0, 0.1) is 11.2 Å². The Kier molecular flexibility index (Phi) is 29.0. The first-order chi connectivity index (χ1) is 33.7. The molecule has 0 aromatic heterocycles. The van der Waals surface area contributed by atoms with Gasteiger partial charge in [0, 0.05) is 42.8 Å². The summed E-state index contributed by atoms with van der Waals surface area (Å²) in [6, 6.07) is 23.8. The highest BCUT2D eigenvalue weighted by molar-refractivity contribution is 5.96. The van der Waals surface area contributed by atoms with Crippen molar-refractivity contribution in [1.82, 2.24) is 4.90 Å². The molecule has 0 unspecified atom stereocenters. The molecule has 0 aliphatic heterocycles. The summed E-state index contributed by atoms with van der Waals surface area (Å²) in [5.41, 5.74) is 14.1. The van der Waals surface area contributed by atoms with E-state index in [-0.39, 0.29) is 54.8 Å². The molecule has 16 heteroatoms. The monoisotopic (exact) mass is 993 g/mol. The minimum absolute atomic E-state index is 0.00288. The number of Topliss-reactive ketones (excluding diaryl/α,β-unsaturated/α-hetero) is 1. The third-order valence-corrected chi connectivity index (χ3v) is 9.85. The van der Waals surface area contributed by atoms with E-state index >= 15 is 0 Å². The molecular weight excluding hydrogens is 926 g/mol. The number of amides is 3. The van der Waals surface area contributed by atoms with E-state index in [9.17, 15) is 41.1 Å². The molecule has 4 rings (SSSR count). The summed E-state index contributed by atoms with van der Waals surface area (Å²) < 4.78 is 84.2. The number of carbonyl (C=O) groups excluding carboxylic acids is 4. The van der Waals surface area contributed by atoms with E-state index < -0.39 is 17.6 Å². The lowest BCUT2D eigenvalue weighted by Crippen LogP contribution is -2.21. The Hall–Kier alpha value is -7.23. The topological polar surface area (TPSA) is 160 Å². The summed E-state index contributed by atoms with van der Waals surface area (Å²) >= 11 is 0. The molecule has 0 aliphatic rings. The molecule has 0 aliphatic carbocycles. The van der Waals surface area contributed by atoms with Crippen molar-refractivity contribution in [3.8, 4) is 23.0 Å². The van der Waals surface area contributed by atoms with Crippen molar-refractivity contribution >= 4 is 23.5 Å². The molecule has 0 saturated heterocycles. The number of hydrogen-bond donors (Lipinski definition) is 2. The zero-order chi connectivity index (χ0) is 53.5. The van der Waals surface area contributed by atoms with Gasteiger partial charge in [-0.1, -0.05) is 48.5 Å². The SMILES string of the molecule is CC/C(=C/F)COc1ccc(C(=O)CC(C)(C)C)cc1.CC/C(=C/F)COc1ccc(C(=O)N(C)C)cc1F.CC/C(=C/F)COc1ccc(C(N)=O)cc1.CC/C(=C\F)COc1ccc(C(N)=O)cc1. The van der Waals surface area contributed by atoms with Crippen molar-refractivity contribution in [2.24, 2.45) is 16.9 Å². The summed E-state index contributed by atoms with van der Waals surface area (Å²) in [6.07, 6.45) is 5.00. The fraction of sp³-hybridized carbons (Fsp3) is 0.345. The highest BCUT2D eigenvalue weighted by Gasteiger charge is 2.17. The van der Waals surface area contributed by atoms with Gasteiger partial charge in [0.1, 0.15) is 43.7 Å². The van der Waals surface area contributed by atoms with Crippen LogP contribution >= 0.6 is 0 Å². The second-order valence-electron chi connectivity index (χ2n) is 16.9. The lowest BCUT2D eigenvalue weighted by atomic mass is 9.88. The fourth-order valence-electron chi connectivity index (χ4n) is 5.30. The molecule has 386 valence electrons. The molecule has 3 amide bonds. The number of halogens is 5. The number of nitrogens with two attached hydrogens (primary N) is 2. The first-order valence-corrected chi connectivity index (χ1v) is 22.8. The van der Waals surface area contributed by atoms with Gasteiger partial charge in [-0.25, -0.2) is 22.0 Å². The van der Waals surface area contributed by atoms with Gasteiger partial charge in [0.2, 0.25) is 11.8 Å². The van der Waals surface area contributed by atoms with Crippen LogP contribution < -0.4 is 30.4 Å². The minimum Gasteiger partial charge on any atom is -0.489 e. The lowest BCUT2D eigenvalue weighted by molar-refractivity contribution is 0.0826. The molecule has 0 saturated carbocycles. The second kappa shape index (κ2) is 33.3. The lowest BCUT2D eigenvalue weighted by Gasteiger charge is -2.16. The van der Waals surface area contributed by atoms with Crippen LogP contribution in [0.1, 0.15) is 122 Å². The maximum atomic E-state index is 13.7. The first kappa shape index (κ1) is 61.8. The third kappa shape index (κ3) is 24.8. The predicted octanol–water partition coefficient (Wildman–Crippen LogP) is 13.0. The van der Waals surface area contributed by atoms with Crippen LogP contribution in [-0.2, 0) is 0 Å². The zero-order valence-electron chi connectivity index (χ0n) is 42.1. The van der Waals surface area contributed by atoms with Crippen LogP contribution in [0.2, 0.25) is 0 Å². The largest absolute Gasteiger partial charge is 0.489 e. The number of rotatable bonds is 21. The maximum absolute atomic E-state index is 13.7. The number of benzene rings is 4. The Labute approximate surface area is 415 Å².